The fraction of sp³-hybridized carbons (Fsp3) is 0.259. The largest absolute Gasteiger partial charge is 0.355 e. The van der Waals surface area contributed by atoms with Gasteiger partial charge in [0, 0.05) is 19.5 Å². The lowest BCUT2D eigenvalue weighted by molar-refractivity contribution is -0.140. The van der Waals surface area contributed by atoms with Crippen LogP contribution in [0.15, 0.2) is 72.8 Å². The first kappa shape index (κ1) is 29.4. The molecule has 0 aliphatic heterocycles. The Kier molecular flexibility index (Phi) is 10.1. The van der Waals surface area contributed by atoms with E-state index in [0.717, 1.165) is 28.3 Å². The van der Waals surface area contributed by atoms with Crippen LogP contribution in [0, 0.1) is 5.82 Å². The van der Waals surface area contributed by atoms with Gasteiger partial charge in [-0.3, -0.25) is 13.9 Å². The standard InChI is InChI=1S/C27H28Cl2FN3O4S/c1-3-31-27(35)25(16-19-7-5-4-6-8-19)32(17-20-9-14-23(28)24(29)15-20)26(34)18-33(38(2,36)37)22-12-10-21(30)11-13-22/h4-15,25H,3,16-18H2,1-2H3,(H,31,35). The molecule has 1 atom stereocenters. The average molecular weight is 581 g/mol. The van der Waals surface area contributed by atoms with Crippen LogP contribution in [0.2, 0.25) is 10.0 Å². The number of anilines is 1. The molecule has 2 amide bonds. The zero-order chi connectivity index (χ0) is 27.9. The molecule has 3 aromatic rings. The van der Waals surface area contributed by atoms with E-state index in [1.807, 2.05) is 30.3 Å². The number of nitrogens with zero attached hydrogens (tertiary/aromatic N) is 2. The normalized spacial score (nSPS) is 12.0. The second-order valence-corrected chi connectivity index (χ2v) is 11.3. The molecule has 0 bridgehead atoms. The topological polar surface area (TPSA) is 86.8 Å². The van der Waals surface area contributed by atoms with E-state index in [9.17, 15) is 22.4 Å². The number of benzene rings is 3. The summed E-state index contributed by atoms with van der Waals surface area (Å²) in [7, 11) is -3.94. The predicted molar refractivity (Wildman–Crippen MR) is 148 cm³/mol. The summed E-state index contributed by atoms with van der Waals surface area (Å²) >= 11 is 12.3. The number of hydrogen-bond donors (Lipinski definition) is 1. The monoisotopic (exact) mass is 579 g/mol. The molecule has 0 saturated carbocycles. The van der Waals surface area contributed by atoms with Crippen molar-refractivity contribution in [3.05, 3.63) is 99.8 Å². The second-order valence-electron chi connectivity index (χ2n) is 8.62. The number of amides is 2. The number of rotatable bonds is 11. The highest BCUT2D eigenvalue weighted by Gasteiger charge is 2.33. The van der Waals surface area contributed by atoms with Crippen LogP contribution in [0.3, 0.4) is 0 Å². The molecule has 3 aromatic carbocycles. The third kappa shape index (κ3) is 7.93. The first-order valence-electron chi connectivity index (χ1n) is 11.8. The third-order valence-corrected chi connectivity index (χ3v) is 7.63. The molecule has 3 rings (SSSR count). The molecule has 0 fully saturated rings. The summed E-state index contributed by atoms with van der Waals surface area (Å²) in [6.07, 6.45) is 1.15. The Bertz CT molecular complexity index is 1370. The van der Waals surface area contributed by atoms with Gasteiger partial charge in [-0.25, -0.2) is 12.8 Å². The van der Waals surface area contributed by atoms with E-state index in [0.29, 0.717) is 17.1 Å². The van der Waals surface area contributed by atoms with Gasteiger partial charge in [-0.2, -0.15) is 0 Å². The number of nitrogens with one attached hydrogen (secondary N) is 1. The average Bonchev–Trinajstić information content (AvgIpc) is 2.87. The SMILES string of the molecule is CCNC(=O)C(Cc1ccccc1)N(Cc1ccc(Cl)c(Cl)c1)C(=O)CN(c1ccc(F)cc1)S(C)(=O)=O. The molecule has 0 saturated heterocycles. The van der Waals surface area contributed by atoms with Crippen molar-refractivity contribution in [2.45, 2.75) is 25.9 Å². The fourth-order valence-electron chi connectivity index (χ4n) is 3.90. The first-order valence-corrected chi connectivity index (χ1v) is 14.4. The van der Waals surface area contributed by atoms with Crippen LogP contribution in [0.25, 0.3) is 0 Å². The van der Waals surface area contributed by atoms with Crippen molar-refractivity contribution >= 4 is 50.7 Å². The molecule has 11 heteroatoms. The van der Waals surface area contributed by atoms with E-state index >= 15 is 0 Å². The van der Waals surface area contributed by atoms with Gasteiger partial charge in [-0.05, 0) is 54.4 Å². The summed E-state index contributed by atoms with van der Waals surface area (Å²) in [5.74, 6) is -1.57. The first-order chi connectivity index (χ1) is 18.0. The lowest BCUT2D eigenvalue weighted by atomic mass is 10.0. The molecule has 0 aliphatic rings. The van der Waals surface area contributed by atoms with Crippen molar-refractivity contribution in [1.29, 1.82) is 0 Å². The van der Waals surface area contributed by atoms with Crippen molar-refractivity contribution in [3.63, 3.8) is 0 Å². The number of hydrogen-bond acceptors (Lipinski definition) is 4. The van der Waals surface area contributed by atoms with Crippen molar-refractivity contribution < 1.29 is 22.4 Å². The summed E-state index contributed by atoms with van der Waals surface area (Å²) in [6.45, 7) is 1.47. The quantitative estimate of drug-likeness (QED) is 0.357. The molecule has 202 valence electrons. The van der Waals surface area contributed by atoms with Gasteiger partial charge >= 0.3 is 0 Å². The summed E-state index contributed by atoms with van der Waals surface area (Å²) in [4.78, 5) is 28.4. The lowest BCUT2D eigenvalue weighted by Gasteiger charge is -2.33. The highest BCUT2D eigenvalue weighted by atomic mass is 35.5. The van der Waals surface area contributed by atoms with Crippen LogP contribution in [0.1, 0.15) is 18.1 Å². The van der Waals surface area contributed by atoms with Gasteiger partial charge in [0.25, 0.3) is 0 Å². The van der Waals surface area contributed by atoms with Crippen molar-refractivity contribution in [1.82, 2.24) is 10.2 Å². The van der Waals surface area contributed by atoms with Crippen LogP contribution in [-0.4, -0.2) is 50.5 Å². The predicted octanol–water partition coefficient (Wildman–Crippen LogP) is 4.67. The molecular formula is C27H28Cl2FN3O4S. The summed E-state index contributed by atoms with van der Waals surface area (Å²) in [5, 5.41) is 3.38. The van der Waals surface area contributed by atoms with E-state index in [2.05, 4.69) is 5.32 Å². The van der Waals surface area contributed by atoms with Gasteiger partial charge in [0.05, 0.1) is 22.0 Å². The summed E-state index contributed by atoms with van der Waals surface area (Å²) < 4.78 is 39.7. The number of carbonyl (C=O) groups excluding carboxylic acids is 2. The smallest absolute Gasteiger partial charge is 0.244 e. The molecule has 1 unspecified atom stereocenters. The molecule has 7 nitrogen and oxygen atoms in total. The minimum atomic E-state index is -3.94. The molecule has 0 aliphatic carbocycles. The van der Waals surface area contributed by atoms with Crippen LogP contribution >= 0.6 is 23.2 Å². The van der Waals surface area contributed by atoms with Gasteiger partial charge in [-0.1, -0.05) is 59.6 Å². The highest BCUT2D eigenvalue weighted by Crippen LogP contribution is 2.25. The molecule has 0 radical (unpaired) electrons. The highest BCUT2D eigenvalue weighted by molar-refractivity contribution is 7.92. The lowest BCUT2D eigenvalue weighted by Crippen LogP contribution is -2.53. The third-order valence-electron chi connectivity index (χ3n) is 5.75. The van der Waals surface area contributed by atoms with Gasteiger partial charge in [0.1, 0.15) is 18.4 Å². The molecular weight excluding hydrogens is 552 g/mol. The van der Waals surface area contributed by atoms with Gasteiger partial charge in [-0.15, -0.1) is 0 Å². The molecule has 0 spiro atoms. The van der Waals surface area contributed by atoms with Crippen molar-refractivity contribution in [3.8, 4) is 0 Å². The van der Waals surface area contributed by atoms with Crippen LogP contribution in [0.4, 0.5) is 10.1 Å². The van der Waals surface area contributed by atoms with Gasteiger partial charge in [0.2, 0.25) is 21.8 Å². The maximum Gasteiger partial charge on any atom is 0.244 e. The number of likely N-dealkylation sites (N-methyl/N-ethyl adjacent to an activating group) is 1. The Hall–Kier alpha value is -3.14. The van der Waals surface area contributed by atoms with Crippen molar-refractivity contribution in [2.24, 2.45) is 0 Å². The van der Waals surface area contributed by atoms with E-state index in [1.54, 1.807) is 25.1 Å². The number of sulfonamides is 1. The second kappa shape index (κ2) is 13.1. The van der Waals surface area contributed by atoms with Crippen LogP contribution in [0.5, 0.6) is 0 Å². The Morgan fingerprint density at radius 2 is 1.61 bits per heavy atom. The summed E-state index contributed by atoms with van der Waals surface area (Å²) in [6, 6.07) is 17.9. The van der Waals surface area contributed by atoms with Crippen LogP contribution in [-0.2, 0) is 32.6 Å². The zero-order valence-electron chi connectivity index (χ0n) is 20.9. The summed E-state index contributed by atoms with van der Waals surface area (Å²) in [5.41, 5.74) is 1.53. The zero-order valence-corrected chi connectivity index (χ0v) is 23.2. The Morgan fingerprint density at radius 1 is 0.947 bits per heavy atom. The van der Waals surface area contributed by atoms with E-state index in [4.69, 9.17) is 23.2 Å². The van der Waals surface area contributed by atoms with Crippen molar-refractivity contribution in [2.75, 3.05) is 23.7 Å². The van der Waals surface area contributed by atoms with E-state index in [1.165, 1.54) is 17.0 Å². The van der Waals surface area contributed by atoms with E-state index < -0.39 is 40.2 Å². The van der Waals surface area contributed by atoms with E-state index in [-0.39, 0.29) is 23.7 Å². The Morgan fingerprint density at radius 3 is 2.18 bits per heavy atom. The van der Waals surface area contributed by atoms with Gasteiger partial charge < -0.3 is 10.2 Å². The minimum absolute atomic E-state index is 0.0363. The minimum Gasteiger partial charge on any atom is -0.355 e. The molecule has 1 N–H and O–H groups in total. The Labute approximate surface area is 232 Å². The maximum atomic E-state index is 13.8. The number of halogens is 3. The molecule has 0 heterocycles. The Balaban J connectivity index is 2.05. The fourth-order valence-corrected chi connectivity index (χ4v) is 5.07. The van der Waals surface area contributed by atoms with Gasteiger partial charge in [0.15, 0.2) is 0 Å². The number of carbonyl (C=O) groups is 2. The van der Waals surface area contributed by atoms with Crippen LogP contribution < -0.4 is 9.62 Å². The molecule has 0 aromatic heterocycles. The maximum absolute atomic E-state index is 13.8. The molecule has 38 heavy (non-hydrogen) atoms.